The summed E-state index contributed by atoms with van der Waals surface area (Å²) in [7, 11) is -3.79. The maximum absolute atomic E-state index is 11.8. The normalized spacial score (nSPS) is 11.3. The van der Waals surface area contributed by atoms with Crippen LogP contribution in [0.2, 0.25) is 0 Å². The highest BCUT2D eigenvalue weighted by Gasteiger charge is 2.15. The van der Waals surface area contributed by atoms with E-state index in [4.69, 9.17) is 4.18 Å². The molecule has 0 fully saturated rings. The third kappa shape index (κ3) is 2.88. The summed E-state index contributed by atoms with van der Waals surface area (Å²) in [5.74, 6) is 0.0146. The van der Waals surface area contributed by atoms with E-state index in [-0.39, 0.29) is 17.3 Å². The third-order valence-corrected chi connectivity index (χ3v) is 3.67. The van der Waals surface area contributed by atoms with Crippen molar-refractivity contribution in [3.8, 4) is 5.75 Å². The lowest BCUT2D eigenvalue weighted by Crippen LogP contribution is -2.06. The van der Waals surface area contributed by atoms with Gasteiger partial charge < -0.3 is 5.11 Å². The molecule has 0 amide bonds. The zero-order valence-corrected chi connectivity index (χ0v) is 10.3. The molecule has 0 bridgehead atoms. The summed E-state index contributed by atoms with van der Waals surface area (Å²) in [6.45, 7) is -0.191. The maximum Gasteiger partial charge on any atom is 0.297 e. The number of aromatic hydroxyl groups is 1. The Morgan fingerprint density at radius 1 is 0.944 bits per heavy atom. The van der Waals surface area contributed by atoms with Gasteiger partial charge in [0, 0.05) is 5.56 Å². The van der Waals surface area contributed by atoms with Crippen LogP contribution in [0.1, 0.15) is 5.56 Å². The molecule has 2 aromatic carbocycles. The fourth-order valence-corrected chi connectivity index (χ4v) is 2.34. The van der Waals surface area contributed by atoms with E-state index >= 15 is 0 Å². The van der Waals surface area contributed by atoms with Crippen molar-refractivity contribution >= 4 is 10.1 Å². The Kier molecular flexibility index (Phi) is 3.64. The van der Waals surface area contributed by atoms with E-state index in [9.17, 15) is 13.5 Å². The first-order valence-corrected chi connectivity index (χ1v) is 6.72. The molecule has 2 rings (SSSR count). The van der Waals surface area contributed by atoms with Crippen LogP contribution in [0.4, 0.5) is 0 Å². The van der Waals surface area contributed by atoms with Gasteiger partial charge in [-0.2, -0.15) is 8.42 Å². The molecule has 0 spiro atoms. The summed E-state index contributed by atoms with van der Waals surface area (Å²) in [6, 6.07) is 14.3. The average Bonchev–Trinajstić information content (AvgIpc) is 2.39. The first kappa shape index (κ1) is 12.6. The molecule has 0 saturated heterocycles. The van der Waals surface area contributed by atoms with Gasteiger partial charge in [-0.05, 0) is 18.2 Å². The summed E-state index contributed by atoms with van der Waals surface area (Å²) in [5, 5.41) is 9.50. The molecule has 1 N–H and O–H groups in total. The molecule has 0 radical (unpaired) electrons. The van der Waals surface area contributed by atoms with Crippen molar-refractivity contribution in [2.45, 2.75) is 11.5 Å². The van der Waals surface area contributed by atoms with Gasteiger partial charge in [-0.3, -0.25) is 4.18 Å². The smallest absolute Gasteiger partial charge is 0.297 e. The van der Waals surface area contributed by atoms with Gasteiger partial charge in [0.15, 0.2) is 0 Å². The fourth-order valence-electron chi connectivity index (χ4n) is 1.43. The Hall–Kier alpha value is -1.85. The Morgan fingerprint density at radius 2 is 1.56 bits per heavy atom. The van der Waals surface area contributed by atoms with Crippen molar-refractivity contribution in [2.75, 3.05) is 0 Å². The van der Waals surface area contributed by atoms with Gasteiger partial charge in [-0.1, -0.05) is 36.4 Å². The highest BCUT2D eigenvalue weighted by molar-refractivity contribution is 7.86. The van der Waals surface area contributed by atoms with E-state index in [1.165, 1.54) is 18.2 Å². The molecular formula is C13H12O4S. The Morgan fingerprint density at radius 3 is 2.22 bits per heavy atom. The minimum absolute atomic E-state index is 0.0146. The number of phenols is 1. The molecule has 0 atom stereocenters. The summed E-state index contributed by atoms with van der Waals surface area (Å²) in [5.41, 5.74) is 0.428. The summed E-state index contributed by atoms with van der Waals surface area (Å²) < 4.78 is 28.5. The molecule has 5 heteroatoms. The van der Waals surface area contributed by atoms with Gasteiger partial charge >= 0.3 is 0 Å². The summed E-state index contributed by atoms with van der Waals surface area (Å²) in [6.07, 6.45) is 0. The van der Waals surface area contributed by atoms with Crippen molar-refractivity contribution in [3.63, 3.8) is 0 Å². The predicted molar refractivity (Wildman–Crippen MR) is 66.5 cm³/mol. The molecule has 0 aliphatic rings. The standard InChI is InChI=1S/C13H12O4S/c14-13-9-5-4-6-11(13)10-17-18(15,16)12-7-2-1-3-8-12/h1-9,14H,10H2. The van der Waals surface area contributed by atoms with Crippen LogP contribution in [0.25, 0.3) is 0 Å². The Labute approximate surface area is 106 Å². The monoisotopic (exact) mass is 264 g/mol. The number of phenolic OH excluding ortho intramolecular Hbond substituents is 1. The molecule has 0 aliphatic heterocycles. The number of benzene rings is 2. The van der Waals surface area contributed by atoms with Gasteiger partial charge in [0.25, 0.3) is 10.1 Å². The van der Waals surface area contributed by atoms with Crippen LogP contribution in [-0.4, -0.2) is 13.5 Å². The second-order valence-corrected chi connectivity index (χ2v) is 5.27. The quantitative estimate of drug-likeness (QED) is 0.861. The molecule has 0 aliphatic carbocycles. The van der Waals surface area contributed by atoms with E-state index in [0.29, 0.717) is 5.56 Å². The number of para-hydroxylation sites is 1. The minimum Gasteiger partial charge on any atom is -0.508 e. The average molecular weight is 264 g/mol. The van der Waals surface area contributed by atoms with Crippen molar-refractivity contribution in [2.24, 2.45) is 0 Å². The fraction of sp³-hybridized carbons (Fsp3) is 0.0769. The topological polar surface area (TPSA) is 63.6 Å². The van der Waals surface area contributed by atoms with Crippen molar-refractivity contribution in [1.29, 1.82) is 0 Å². The lowest BCUT2D eigenvalue weighted by molar-refractivity contribution is 0.301. The molecule has 0 heterocycles. The Balaban J connectivity index is 2.14. The summed E-state index contributed by atoms with van der Waals surface area (Å²) in [4.78, 5) is 0.0976. The largest absolute Gasteiger partial charge is 0.508 e. The van der Waals surface area contributed by atoms with Crippen LogP contribution >= 0.6 is 0 Å². The predicted octanol–water partition coefficient (Wildman–Crippen LogP) is 2.30. The maximum atomic E-state index is 11.8. The lowest BCUT2D eigenvalue weighted by atomic mass is 10.2. The second kappa shape index (κ2) is 5.20. The molecule has 0 saturated carbocycles. The SMILES string of the molecule is O=S(=O)(OCc1ccccc1O)c1ccccc1. The molecule has 2 aromatic rings. The lowest BCUT2D eigenvalue weighted by Gasteiger charge is -2.06. The molecule has 94 valence electrons. The molecule has 0 aromatic heterocycles. The highest BCUT2D eigenvalue weighted by Crippen LogP contribution is 2.19. The molecular weight excluding hydrogens is 252 g/mol. The zero-order chi connectivity index (χ0) is 13.0. The van der Waals surface area contributed by atoms with Crippen molar-refractivity contribution < 1.29 is 17.7 Å². The van der Waals surface area contributed by atoms with Crippen LogP contribution in [0, 0.1) is 0 Å². The molecule has 4 nitrogen and oxygen atoms in total. The van der Waals surface area contributed by atoms with Gasteiger partial charge in [0.1, 0.15) is 5.75 Å². The van der Waals surface area contributed by atoms with E-state index in [2.05, 4.69) is 0 Å². The van der Waals surface area contributed by atoms with Crippen LogP contribution in [0.15, 0.2) is 59.5 Å². The van der Waals surface area contributed by atoms with Crippen LogP contribution in [0.3, 0.4) is 0 Å². The first-order chi connectivity index (χ1) is 8.59. The van der Waals surface area contributed by atoms with Gasteiger partial charge in [-0.25, -0.2) is 0 Å². The van der Waals surface area contributed by atoms with Crippen LogP contribution in [-0.2, 0) is 20.9 Å². The number of hydrogen-bond donors (Lipinski definition) is 1. The zero-order valence-electron chi connectivity index (χ0n) is 9.48. The number of rotatable bonds is 4. The Bertz CT molecular complexity index is 620. The van der Waals surface area contributed by atoms with Crippen LogP contribution < -0.4 is 0 Å². The van der Waals surface area contributed by atoms with E-state index in [1.807, 2.05) is 0 Å². The van der Waals surface area contributed by atoms with Crippen molar-refractivity contribution in [3.05, 3.63) is 60.2 Å². The minimum atomic E-state index is -3.79. The third-order valence-electron chi connectivity index (χ3n) is 2.39. The van der Waals surface area contributed by atoms with E-state index in [1.54, 1.807) is 36.4 Å². The highest BCUT2D eigenvalue weighted by atomic mass is 32.2. The summed E-state index contributed by atoms with van der Waals surface area (Å²) >= 11 is 0. The first-order valence-electron chi connectivity index (χ1n) is 5.31. The van der Waals surface area contributed by atoms with Crippen molar-refractivity contribution in [1.82, 2.24) is 0 Å². The second-order valence-electron chi connectivity index (χ2n) is 3.66. The van der Waals surface area contributed by atoms with Gasteiger partial charge in [-0.15, -0.1) is 0 Å². The molecule has 0 unspecified atom stereocenters. The van der Waals surface area contributed by atoms with E-state index < -0.39 is 10.1 Å². The van der Waals surface area contributed by atoms with Crippen LogP contribution in [0.5, 0.6) is 5.75 Å². The molecule has 18 heavy (non-hydrogen) atoms. The number of hydrogen-bond acceptors (Lipinski definition) is 4. The van der Waals surface area contributed by atoms with E-state index in [0.717, 1.165) is 0 Å². The van der Waals surface area contributed by atoms with Gasteiger partial charge in [0.2, 0.25) is 0 Å². The van der Waals surface area contributed by atoms with Gasteiger partial charge in [0.05, 0.1) is 11.5 Å².